The minimum Gasteiger partial charge on any atom is -0.459 e. The minimum atomic E-state index is -0.393. The predicted octanol–water partition coefficient (Wildman–Crippen LogP) is 2.20. The molecule has 0 radical (unpaired) electrons. The van der Waals surface area contributed by atoms with Crippen molar-refractivity contribution in [3.63, 3.8) is 0 Å². The van der Waals surface area contributed by atoms with Crippen molar-refractivity contribution in [3.05, 3.63) is 0 Å². The van der Waals surface area contributed by atoms with Crippen LogP contribution in [-0.2, 0) is 9.53 Å². The molecule has 0 bridgehead atoms. The molecule has 1 heterocycles. The lowest BCUT2D eigenvalue weighted by Gasteiger charge is -2.29. The van der Waals surface area contributed by atoms with Crippen LogP contribution in [0.15, 0.2) is 4.99 Å². The van der Waals surface area contributed by atoms with Crippen molar-refractivity contribution in [1.82, 2.24) is 0 Å². The first-order valence-electron chi connectivity index (χ1n) is 5.68. The highest BCUT2D eigenvalue weighted by Gasteiger charge is 2.52. The van der Waals surface area contributed by atoms with E-state index in [-0.39, 0.29) is 11.4 Å². The van der Waals surface area contributed by atoms with Crippen LogP contribution in [0, 0.1) is 11.3 Å². The third-order valence-corrected chi connectivity index (χ3v) is 3.30. The van der Waals surface area contributed by atoms with Crippen LogP contribution < -0.4 is 0 Å². The molecule has 2 unspecified atom stereocenters. The van der Waals surface area contributed by atoms with E-state index in [9.17, 15) is 4.79 Å². The second-order valence-corrected chi connectivity index (χ2v) is 5.63. The van der Waals surface area contributed by atoms with Crippen LogP contribution in [0.1, 0.15) is 40.0 Å². The molecule has 1 aliphatic heterocycles. The molecule has 0 aromatic heterocycles. The molecule has 1 fully saturated rings. The number of carbonyl (C=O) groups is 1. The fourth-order valence-electron chi connectivity index (χ4n) is 2.56. The number of rotatable bonds is 1. The molecule has 3 heteroatoms. The SMILES string of the molecule is CC(C)(C)OC(=O)C12C=NCC1CCC2. The molecule has 0 aromatic rings. The summed E-state index contributed by atoms with van der Waals surface area (Å²) in [6.45, 7) is 6.55. The standard InChI is InChI=1S/C12H19NO2/c1-11(2,3)15-10(14)12-6-4-5-9(12)7-13-8-12/h8-9H,4-7H2,1-3H3. The molecule has 0 aromatic carbocycles. The Morgan fingerprint density at radius 1 is 1.53 bits per heavy atom. The van der Waals surface area contributed by atoms with Gasteiger partial charge in [-0.25, -0.2) is 0 Å². The topological polar surface area (TPSA) is 38.7 Å². The van der Waals surface area contributed by atoms with Crippen LogP contribution >= 0.6 is 0 Å². The first kappa shape index (κ1) is 10.7. The number of nitrogens with zero attached hydrogens (tertiary/aromatic N) is 1. The summed E-state index contributed by atoms with van der Waals surface area (Å²) < 4.78 is 5.50. The van der Waals surface area contributed by atoms with E-state index in [1.165, 1.54) is 0 Å². The van der Waals surface area contributed by atoms with E-state index in [0.29, 0.717) is 5.92 Å². The van der Waals surface area contributed by atoms with E-state index in [1.807, 2.05) is 27.0 Å². The largest absolute Gasteiger partial charge is 0.459 e. The van der Waals surface area contributed by atoms with Crippen molar-refractivity contribution in [3.8, 4) is 0 Å². The Hall–Kier alpha value is -0.860. The summed E-state index contributed by atoms with van der Waals surface area (Å²) in [5.74, 6) is 0.325. The maximum atomic E-state index is 12.2. The molecular weight excluding hydrogens is 190 g/mol. The average molecular weight is 209 g/mol. The molecule has 2 rings (SSSR count). The first-order chi connectivity index (χ1) is 6.94. The average Bonchev–Trinajstić information content (AvgIpc) is 2.55. The number of hydrogen-bond acceptors (Lipinski definition) is 3. The van der Waals surface area contributed by atoms with Gasteiger partial charge in [0.15, 0.2) is 0 Å². The molecule has 0 N–H and O–H groups in total. The first-order valence-corrected chi connectivity index (χ1v) is 5.68. The summed E-state index contributed by atoms with van der Waals surface area (Å²) in [6.07, 6.45) is 4.99. The van der Waals surface area contributed by atoms with Gasteiger partial charge in [0.2, 0.25) is 0 Å². The van der Waals surface area contributed by atoms with E-state index >= 15 is 0 Å². The van der Waals surface area contributed by atoms with Crippen LogP contribution in [0.2, 0.25) is 0 Å². The van der Waals surface area contributed by atoms with Gasteiger partial charge in [0.25, 0.3) is 0 Å². The zero-order valence-corrected chi connectivity index (χ0v) is 9.75. The van der Waals surface area contributed by atoms with Gasteiger partial charge in [-0.05, 0) is 39.5 Å². The zero-order chi connectivity index (χ0) is 11.1. The Morgan fingerprint density at radius 2 is 2.27 bits per heavy atom. The summed E-state index contributed by atoms with van der Waals surface area (Å²) >= 11 is 0. The van der Waals surface area contributed by atoms with E-state index in [4.69, 9.17) is 4.74 Å². The molecule has 0 amide bonds. The predicted molar refractivity (Wildman–Crippen MR) is 59.0 cm³/mol. The summed E-state index contributed by atoms with van der Waals surface area (Å²) in [7, 11) is 0. The molecule has 84 valence electrons. The third kappa shape index (κ3) is 1.80. The Balaban J connectivity index is 2.15. The summed E-state index contributed by atoms with van der Waals surface area (Å²) in [4.78, 5) is 16.4. The Kier molecular flexibility index (Phi) is 2.36. The van der Waals surface area contributed by atoms with Gasteiger partial charge < -0.3 is 4.74 Å². The van der Waals surface area contributed by atoms with Gasteiger partial charge in [-0.3, -0.25) is 9.79 Å². The minimum absolute atomic E-state index is 0.0706. The highest BCUT2D eigenvalue weighted by Crippen LogP contribution is 2.46. The third-order valence-electron chi connectivity index (χ3n) is 3.30. The Bertz CT molecular complexity index is 303. The molecule has 2 atom stereocenters. The fraction of sp³-hybridized carbons (Fsp3) is 0.833. The van der Waals surface area contributed by atoms with Gasteiger partial charge in [0.1, 0.15) is 11.0 Å². The molecule has 0 saturated heterocycles. The van der Waals surface area contributed by atoms with Gasteiger partial charge in [-0.2, -0.15) is 0 Å². The van der Waals surface area contributed by atoms with Crippen molar-refractivity contribution in [2.24, 2.45) is 16.3 Å². The lowest BCUT2D eigenvalue weighted by molar-refractivity contribution is -0.164. The van der Waals surface area contributed by atoms with E-state index in [1.54, 1.807) is 0 Å². The maximum absolute atomic E-state index is 12.2. The summed E-state index contributed by atoms with van der Waals surface area (Å²) in [6, 6.07) is 0. The molecule has 1 aliphatic carbocycles. The normalized spacial score (nSPS) is 34.2. The number of aliphatic imine (C=N–C) groups is 1. The van der Waals surface area contributed by atoms with Gasteiger partial charge in [-0.15, -0.1) is 0 Å². The quantitative estimate of drug-likeness (QED) is 0.621. The monoisotopic (exact) mass is 209 g/mol. The van der Waals surface area contributed by atoms with Crippen LogP contribution in [0.25, 0.3) is 0 Å². The smallest absolute Gasteiger partial charge is 0.318 e. The molecule has 3 nitrogen and oxygen atoms in total. The molecular formula is C12H19NO2. The van der Waals surface area contributed by atoms with Crippen molar-refractivity contribution in [2.45, 2.75) is 45.6 Å². The van der Waals surface area contributed by atoms with Gasteiger partial charge in [-0.1, -0.05) is 6.42 Å². The number of ether oxygens (including phenoxy) is 1. The van der Waals surface area contributed by atoms with Gasteiger partial charge in [0.05, 0.1) is 0 Å². The van der Waals surface area contributed by atoms with Crippen LogP contribution in [-0.4, -0.2) is 24.3 Å². The van der Waals surface area contributed by atoms with Gasteiger partial charge >= 0.3 is 5.97 Å². The van der Waals surface area contributed by atoms with E-state index in [0.717, 1.165) is 25.8 Å². The van der Waals surface area contributed by atoms with E-state index < -0.39 is 5.60 Å². The highest BCUT2D eigenvalue weighted by atomic mass is 16.6. The second-order valence-electron chi connectivity index (χ2n) is 5.63. The zero-order valence-electron chi connectivity index (χ0n) is 9.75. The van der Waals surface area contributed by atoms with Crippen molar-refractivity contribution >= 4 is 12.2 Å². The van der Waals surface area contributed by atoms with Crippen molar-refractivity contribution in [2.75, 3.05) is 6.54 Å². The molecule has 1 saturated carbocycles. The van der Waals surface area contributed by atoms with Crippen LogP contribution in [0.5, 0.6) is 0 Å². The van der Waals surface area contributed by atoms with Crippen molar-refractivity contribution in [1.29, 1.82) is 0 Å². The Morgan fingerprint density at radius 3 is 2.93 bits per heavy atom. The maximum Gasteiger partial charge on any atom is 0.318 e. The number of hydrogen-bond donors (Lipinski definition) is 0. The Labute approximate surface area is 90.9 Å². The number of carbonyl (C=O) groups excluding carboxylic acids is 1. The van der Waals surface area contributed by atoms with Crippen LogP contribution in [0.4, 0.5) is 0 Å². The van der Waals surface area contributed by atoms with Gasteiger partial charge in [0, 0.05) is 12.8 Å². The highest BCUT2D eigenvalue weighted by molar-refractivity contribution is 5.97. The lowest BCUT2D eigenvalue weighted by Crippen LogP contribution is -2.40. The number of esters is 1. The number of fused-ring (bicyclic) bond motifs is 1. The van der Waals surface area contributed by atoms with Crippen LogP contribution in [0.3, 0.4) is 0 Å². The molecule has 15 heavy (non-hydrogen) atoms. The van der Waals surface area contributed by atoms with Crippen molar-refractivity contribution < 1.29 is 9.53 Å². The second kappa shape index (κ2) is 3.32. The summed E-state index contributed by atoms with van der Waals surface area (Å²) in [5.41, 5.74) is -0.775. The fourth-order valence-corrected chi connectivity index (χ4v) is 2.56. The van der Waals surface area contributed by atoms with E-state index in [2.05, 4.69) is 4.99 Å². The lowest BCUT2D eigenvalue weighted by atomic mass is 9.81. The molecule has 0 spiro atoms. The molecule has 2 aliphatic rings. The summed E-state index contributed by atoms with van der Waals surface area (Å²) in [5, 5.41) is 0.